The number of hydrogen-bond acceptors (Lipinski definition) is 24. The van der Waals surface area contributed by atoms with Crippen LogP contribution < -0.4 is 54.2 Å². The minimum atomic E-state index is -2.00. The third-order valence-corrected chi connectivity index (χ3v) is 22.3. The Balaban J connectivity index is 0.610. The number of fused-ring (bicyclic) bond motifs is 7. The van der Waals surface area contributed by atoms with Gasteiger partial charge in [0.05, 0.1) is 92.6 Å². The van der Waals surface area contributed by atoms with Gasteiger partial charge in [0.2, 0.25) is 5.60 Å². The van der Waals surface area contributed by atoms with E-state index in [9.17, 15) is 48.3 Å². The molecule has 0 saturated carbocycles. The van der Waals surface area contributed by atoms with Crippen molar-refractivity contribution >= 4 is 99.3 Å². The second-order valence-corrected chi connectivity index (χ2v) is 29.1. The Morgan fingerprint density at radius 3 is 1.95 bits per heavy atom. The number of aryl methyl sites for hydroxylation is 1. The number of phenols is 1. The first-order valence-corrected chi connectivity index (χ1v) is 38.0. The zero-order valence-electron chi connectivity index (χ0n) is 58.8. The third-order valence-electron chi connectivity index (χ3n) is 19.3. The van der Waals surface area contributed by atoms with E-state index in [1.54, 1.807) is 29.7 Å². The summed E-state index contributed by atoms with van der Waals surface area (Å²) >= 11 is 3.88. The van der Waals surface area contributed by atoms with Crippen LogP contribution in [0.15, 0.2) is 57.2 Å². The van der Waals surface area contributed by atoms with Crippen molar-refractivity contribution in [2.24, 2.45) is 27.4 Å². The number of benzene rings is 2. The number of nitrogens with one attached hydrogen (secondary N) is 7. The van der Waals surface area contributed by atoms with Crippen LogP contribution in [0.5, 0.6) is 5.75 Å². The summed E-state index contributed by atoms with van der Waals surface area (Å²) in [4.78, 5) is 134. The van der Waals surface area contributed by atoms with Gasteiger partial charge in [-0.1, -0.05) is 26.7 Å². The minimum Gasteiger partial charge on any atom is -0.508 e. The predicted molar refractivity (Wildman–Crippen MR) is 391 cm³/mol. The molecular formula is C72H97N13O16S2. The number of nitrogens with two attached hydrogens (primary N) is 2. The number of phenolic OH excluding ortho intramolecular Hbond substituents is 1. The van der Waals surface area contributed by atoms with E-state index in [4.69, 9.17) is 44.9 Å². The Labute approximate surface area is 606 Å². The topological polar surface area (TPSA) is 408 Å². The zero-order valence-corrected chi connectivity index (χ0v) is 60.5. The number of Topliss-reactive ketones (excluding diaryl/α,β-unsaturated/α-hetero) is 2. The zero-order chi connectivity index (χ0) is 73.0. The maximum absolute atomic E-state index is 14.2. The van der Waals surface area contributed by atoms with Crippen LogP contribution in [0, 0.1) is 5.92 Å². The smallest absolute Gasteiger partial charge is 0.355 e. The lowest BCUT2D eigenvalue weighted by molar-refractivity contribution is -0.190. The fraction of sp³-hybridized carbons (Fsp3) is 0.583. The van der Waals surface area contributed by atoms with Crippen molar-refractivity contribution < 1.29 is 71.9 Å². The summed E-state index contributed by atoms with van der Waals surface area (Å²) in [6.07, 6.45) is 10.0. The van der Waals surface area contributed by atoms with Crippen molar-refractivity contribution in [3.05, 3.63) is 86.2 Å². The Kier molecular flexibility index (Phi) is 28.0. The van der Waals surface area contributed by atoms with Crippen molar-refractivity contribution in [3.63, 3.8) is 0 Å². The van der Waals surface area contributed by atoms with Gasteiger partial charge in [0.25, 0.3) is 17.4 Å². The van der Waals surface area contributed by atoms with Crippen LogP contribution in [-0.2, 0) is 72.8 Å². The van der Waals surface area contributed by atoms with Gasteiger partial charge in [-0.15, -0.1) is 0 Å². The summed E-state index contributed by atoms with van der Waals surface area (Å²) in [6, 6.07) is 9.08. The molecule has 2 saturated heterocycles. The number of anilines is 1. The minimum absolute atomic E-state index is 0.0442. The highest BCUT2D eigenvalue weighted by molar-refractivity contribution is 8.00. The maximum atomic E-state index is 14.2. The van der Waals surface area contributed by atoms with E-state index in [0.717, 1.165) is 78.8 Å². The van der Waals surface area contributed by atoms with Crippen molar-refractivity contribution in [3.8, 4) is 17.1 Å². The fourth-order valence-corrected chi connectivity index (χ4v) is 17.1. The molecule has 0 bridgehead atoms. The first-order chi connectivity index (χ1) is 49.8. The van der Waals surface area contributed by atoms with E-state index in [-0.39, 0.29) is 137 Å². The van der Waals surface area contributed by atoms with Crippen LogP contribution in [0.25, 0.3) is 22.3 Å². The molecule has 0 radical (unpaired) electrons. The summed E-state index contributed by atoms with van der Waals surface area (Å²) in [5, 5.41) is 31.2. The number of unbranched alkanes of at least 4 members (excludes halogenated alkanes) is 2. The number of thioether (sulfide) groups is 2. The number of hydrogen-bond donors (Lipinski definition) is 10. The van der Waals surface area contributed by atoms with Gasteiger partial charge in [-0.05, 0) is 118 Å². The van der Waals surface area contributed by atoms with Gasteiger partial charge in [0.15, 0.2) is 5.96 Å². The molecule has 31 heteroatoms. The number of amidine groups is 1. The molecule has 29 nitrogen and oxygen atoms in total. The number of aliphatic imine (C=N–C) groups is 2. The van der Waals surface area contributed by atoms with E-state index in [1.807, 2.05) is 30.4 Å². The molecule has 0 aliphatic carbocycles. The highest BCUT2D eigenvalue weighted by Crippen LogP contribution is 2.44. The highest BCUT2D eigenvalue weighted by Gasteiger charge is 2.51. The predicted octanol–water partition coefficient (Wildman–Crippen LogP) is 5.38. The number of carbonyl (C=O) groups is 8. The summed E-state index contributed by atoms with van der Waals surface area (Å²) in [6.45, 7) is 6.78. The van der Waals surface area contributed by atoms with Crippen LogP contribution in [0.1, 0.15) is 154 Å². The van der Waals surface area contributed by atoms with E-state index >= 15 is 0 Å². The molecule has 2 fully saturated rings. The molecule has 12 N–H and O–H groups in total. The molecule has 6 aliphatic rings. The summed E-state index contributed by atoms with van der Waals surface area (Å²) < 4.78 is 35.7. The van der Waals surface area contributed by atoms with Gasteiger partial charge >= 0.3 is 24.0 Å². The lowest BCUT2D eigenvalue weighted by Gasteiger charge is -2.36. The average molecular weight is 1460 g/mol. The molecule has 558 valence electrons. The largest absolute Gasteiger partial charge is 0.508 e. The van der Waals surface area contributed by atoms with Crippen LogP contribution in [-0.4, -0.2) is 199 Å². The number of amides is 6. The number of ketones is 2. The number of cyclic esters (lactones) is 1. The molecule has 10 rings (SSSR count). The number of nitrogens with zero attached hydrogens (tertiary/aromatic N) is 4. The van der Waals surface area contributed by atoms with Crippen LogP contribution >= 0.6 is 23.5 Å². The molecule has 103 heavy (non-hydrogen) atoms. The number of esters is 2. The molecule has 4 aromatic rings. The third kappa shape index (κ3) is 20.3. The molecule has 2 aromatic heterocycles. The fourth-order valence-electron chi connectivity index (χ4n) is 13.9. The number of carbonyl (C=O) groups excluding carboxylic acids is 8. The lowest BCUT2D eigenvalue weighted by Crippen LogP contribution is -2.51. The van der Waals surface area contributed by atoms with Crippen LogP contribution in [0.2, 0.25) is 0 Å². The molecular weight excluding hydrogens is 1370 g/mol. The Morgan fingerprint density at radius 2 is 1.31 bits per heavy atom. The van der Waals surface area contributed by atoms with Crippen molar-refractivity contribution in [1.82, 2.24) is 41.5 Å². The number of aromatic hydroxyl groups is 1. The second-order valence-electron chi connectivity index (χ2n) is 26.6. The molecule has 6 aliphatic heterocycles. The van der Waals surface area contributed by atoms with Crippen molar-refractivity contribution in [2.75, 3.05) is 95.9 Å². The Hall–Kier alpha value is -8.36. The van der Waals surface area contributed by atoms with E-state index in [0.29, 0.717) is 110 Å². The highest BCUT2D eigenvalue weighted by atomic mass is 32.2. The standard InChI is InChI=1S/C72H97N13O16S2/c1-4-50-51-36-49(88)18-19-55(51)81-62-52(50)38-85-57(62)37-54-53(66(85)91)39-100-68(93)72(54,5-2)101-67(92)42(3)79-70(94)77-22-28-98-30-31-99-29-23-78-71(95)80-46-33-43(64(89)75-20-26-96-24-10-14-47(86)12-6-8-16-58-61-45(40-102-58)35-60(73)83-61)32-44(34-46)65(90)76-21-27-97-25-11-15-48(87)13-7-9-17-59-63-56(41-103-59)82-69(74)84-63/h18-19,32-34,36-37,42,45,56,58-59,61,63,88H,4-17,20-31,35,38-41H2,1-3H3,(H2,73,83)(H,75,89)(H,76,90)(H3,74,82,84)(H2,77,79,94)(H2,78,80,95)/t42-,45-,56-,58-,59-,61-,63-,72-/m0/s1. The first-order valence-electron chi connectivity index (χ1n) is 35.9. The van der Waals surface area contributed by atoms with Gasteiger partial charge in [0, 0.05) is 121 Å². The van der Waals surface area contributed by atoms with E-state index in [1.165, 1.54) is 31.2 Å². The van der Waals surface area contributed by atoms with Gasteiger partial charge in [-0.25, -0.2) is 29.2 Å². The normalized spacial score (nSPS) is 20.6. The van der Waals surface area contributed by atoms with Crippen molar-refractivity contribution in [1.29, 1.82) is 0 Å². The Morgan fingerprint density at radius 1 is 0.709 bits per heavy atom. The number of aromatic nitrogens is 2. The van der Waals surface area contributed by atoms with Gasteiger partial charge in [-0.2, -0.15) is 23.5 Å². The number of ether oxygens (including phenoxy) is 6. The molecule has 2 aromatic carbocycles. The Bertz CT molecular complexity index is 3770. The number of urea groups is 2. The number of guanidine groups is 1. The summed E-state index contributed by atoms with van der Waals surface area (Å²) in [7, 11) is 0. The van der Waals surface area contributed by atoms with Crippen LogP contribution in [0.3, 0.4) is 0 Å². The SMILES string of the molecule is CCc1c2c(nc3ccc(O)cc13)-c1cc3c(c(=O)n1C2)COC(=O)[C@@]3(CC)OC(=O)[C@H](C)NC(=O)NCCOCCOCCNC(=O)Nc1cc(C(=O)NCCOCCCC(=O)CCCC[C@@H]2SC[C@@H]3CC(N)=N[C@@H]32)cc(C(=O)NCCOCCCC(=O)CCCC[C@@H]2SC[C@@H]3NC(N)=N[C@@H]32)c1. The van der Waals surface area contributed by atoms with Crippen molar-refractivity contribution in [2.45, 2.75) is 171 Å². The molecule has 8 heterocycles. The molecule has 8 atom stereocenters. The lowest BCUT2D eigenvalue weighted by atomic mass is 9.85. The van der Waals surface area contributed by atoms with Gasteiger partial charge < -0.3 is 86.8 Å². The quantitative estimate of drug-likeness (QED) is 0.0173. The molecule has 0 unspecified atom stereocenters. The van der Waals surface area contributed by atoms with Crippen LogP contribution in [0.4, 0.5) is 15.3 Å². The summed E-state index contributed by atoms with van der Waals surface area (Å²) in [5.41, 5.74) is 13.5. The monoisotopic (exact) mass is 1460 g/mol. The first kappa shape index (κ1) is 77.3. The molecule has 6 amide bonds. The second kappa shape index (κ2) is 37.4. The average Bonchev–Trinajstić information content (AvgIpc) is 1.63. The number of rotatable bonds is 41. The van der Waals surface area contributed by atoms with Gasteiger partial charge in [0.1, 0.15) is 30.0 Å². The number of pyridine rings is 2. The van der Waals surface area contributed by atoms with E-state index in [2.05, 4.69) is 47.2 Å². The maximum Gasteiger partial charge on any atom is 0.355 e. The summed E-state index contributed by atoms with van der Waals surface area (Å²) in [5.74, 6) is 1.56. The van der Waals surface area contributed by atoms with E-state index < -0.39 is 53.0 Å². The van der Waals surface area contributed by atoms with Gasteiger partial charge in [-0.3, -0.25) is 29.0 Å². The molecule has 0 spiro atoms.